The van der Waals surface area contributed by atoms with E-state index in [1.165, 1.54) is 30.3 Å². The van der Waals surface area contributed by atoms with Gasteiger partial charge in [-0.2, -0.15) is 0 Å². The molecule has 4 aromatic carbocycles. The topological polar surface area (TPSA) is 294 Å². The minimum Gasteiger partial charge on any atom is -0.508 e. The molecule has 0 amide bonds. The van der Waals surface area contributed by atoms with E-state index in [0.717, 1.165) is 5.52 Å². The molecular formula is C27H32N8O6. The minimum absolute atomic E-state index is 0.00930. The predicted octanol–water partition coefficient (Wildman–Crippen LogP) is 2.21. The van der Waals surface area contributed by atoms with Crippen molar-refractivity contribution in [1.82, 2.24) is 9.97 Å². The number of anilines is 6. The highest BCUT2D eigenvalue weighted by molar-refractivity contribution is 6.00. The van der Waals surface area contributed by atoms with Crippen LogP contribution >= 0.6 is 0 Å². The average Bonchev–Trinajstić information content (AvgIpc) is 2.99. The summed E-state index contributed by atoms with van der Waals surface area (Å²) in [5, 5.41) is 27.4. The Morgan fingerprint density at radius 1 is 0.488 bits per heavy atom. The first-order valence-corrected chi connectivity index (χ1v) is 11.0. The fraction of sp³-hybridized carbons (Fsp3) is 0. The fourth-order valence-electron chi connectivity index (χ4n) is 2.92. The number of hydrogen-bond donors (Lipinski definition) is 9. The van der Waals surface area contributed by atoms with Crippen LogP contribution < -0.4 is 34.4 Å². The first-order valence-electron chi connectivity index (χ1n) is 11.0. The number of nitrogen functional groups attached to an aromatic ring is 6. The van der Waals surface area contributed by atoms with Gasteiger partial charge in [0.25, 0.3) is 0 Å². The number of phenols is 3. The number of aromatic nitrogens is 2. The molecule has 0 aliphatic carbocycles. The number of benzene rings is 4. The lowest BCUT2D eigenvalue weighted by Crippen LogP contribution is -1.98. The van der Waals surface area contributed by atoms with Crippen molar-refractivity contribution in [2.24, 2.45) is 0 Å². The van der Waals surface area contributed by atoms with E-state index in [-0.39, 0.29) is 17.2 Å². The molecule has 0 saturated carbocycles. The number of fused-ring (bicyclic) bond motifs is 2. The number of rotatable bonds is 0. The van der Waals surface area contributed by atoms with E-state index in [1.807, 2.05) is 44.6 Å². The Morgan fingerprint density at radius 3 is 1.24 bits per heavy atom. The molecule has 5 rings (SSSR count). The first-order chi connectivity index (χ1) is 19.6. The maximum absolute atomic E-state index is 9.80. The van der Waals surface area contributed by atoms with Crippen molar-refractivity contribution in [1.29, 1.82) is 0 Å². The first kappa shape index (κ1) is 34.7. The van der Waals surface area contributed by atoms with Gasteiger partial charge in [-0.1, -0.05) is 12.1 Å². The lowest BCUT2D eigenvalue weighted by atomic mass is 10.2. The van der Waals surface area contributed by atoms with Gasteiger partial charge in [0.1, 0.15) is 48.6 Å². The molecule has 0 spiro atoms. The Labute approximate surface area is 234 Å². The highest BCUT2D eigenvalue weighted by Gasteiger charge is 2.11. The van der Waals surface area contributed by atoms with Gasteiger partial charge in [0.15, 0.2) is 0 Å². The summed E-state index contributed by atoms with van der Waals surface area (Å²) in [5.74, 6) is 0.272. The van der Waals surface area contributed by atoms with Gasteiger partial charge in [-0.25, -0.2) is 9.97 Å². The molecule has 0 atom stereocenters. The lowest BCUT2D eigenvalue weighted by Gasteiger charge is -2.07. The fourth-order valence-corrected chi connectivity index (χ4v) is 2.92. The molecule has 216 valence electrons. The molecule has 14 heteroatoms. The second kappa shape index (κ2) is 17.2. The SMILES string of the molecule is C=O.C=O.C=O.Nc1cc(O)c2nc3ccccc3nc2c1N.Nc1ccc(O)cc1N.Nc1ccc(O)cc1N. The summed E-state index contributed by atoms with van der Waals surface area (Å²) in [6.07, 6.45) is 0. The highest BCUT2D eigenvalue weighted by atomic mass is 16.3. The van der Waals surface area contributed by atoms with E-state index >= 15 is 0 Å². The summed E-state index contributed by atoms with van der Waals surface area (Å²) in [7, 11) is 0. The summed E-state index contributed by atoms with van der Waals surface area (Å²) in [4.78, 5) is 32.7. The van der Waals surface area contributed by atoms with Crippen LogP contribution in [0.3, 0.4) is 0 Å². The zero-order valence-electron chi connectivity index (χ0n) is 21.9. The average molecular weight is 565 g/mol. The number of phenolic OH excluding ortho intramolecular Hbond substituents is 3. The van der Waals surface area contributed by atoms with Crippen molar-refractivity contribution in [2.75, 3.05) is 34.4 Å². The summed E-state index contributed by atoms with van der Waals surface area (Å²) in [5.41, 5.74) is 37.6. The van der Waals surface area contributed by atoms with Crippen LogP contribution in [0.25, 0.3) is 22.1 Å². The second-order valence-electron chi connectivity index (χ2n) is 7.43. The zero-order valence-corrected chi connectivity index (χ0v) is 21.9. The Morgan fingerprint density at radius 2 is 0.878 bits per heavy atom. The number of hydrogen-bond acceptors (Lipinski definition) is 14. The molecular weight excluding hydrogens is 532 g/mol. The second-order valence-corrected chi connectivity index (χ2v) is 7.43. The molecule has 0 bridgehead atoms. The zero-order chi connectivity index (χ0) is 31.7. The lowest BCUT2D eigenvalue weighted by molar-refractivity contribution is -0.0987. The third kappa shape index (κ3) is 9.82. The van der Waals surface area contributed by atoms with Crippen molar-refractivity contribution in [2.45, 2.75) is 0 Å². The largest absolute Gasteiger partial charge is 0.508 e. The summed E-state index contributed by atoms with van der Waals surface area (Å²) < 4.78 is 0. The molecule has 0 saturated heterocycles. The maximum atomic E-state index is 9.80. The smallest absolute Gasteiger partial charge is 0.145 e. The van der Waals surface area contributed by atoms with Gasteiger partial charge in [-0.05, 0) is 36.4 Å². The van der Waals surface area contributed by atoms with Gasteiger partial charge in [-0.3, -0.25) is 0 Å². The van der Waals surface area contributed by atoms with Gasteiger partial charge in [0, 0.05) is 18.2 Å². The van der Waals surface area contributed by atoms with Crippen molar-refractivity contribution >= 4 is 76.6 Å². The van der Waals surface area contributed by atoms with Crippen molar-refractivity contribution < 1.29 is 29.7 Å². The Bertz CT molecular complexity index is 1510. The number of para-hydroxylation sites is 2. The van der Waals surface area contributed by atoms with E-state index < -0.39 is 0 Å². The molecule has 0 aliphatic heterocycles. The van der Waals surface area contributed by atoms with Gasteiger partial charge in [0.05, 0.1) is 45.2 Å². The van der Waals surface area contributed by atoms with Gasteiger partial charge >= 0.3 is 0 Å². The van der Waals surface area contributed by atoms with Crippen LogP contribution in [0.1, 0.15) is 0 Å². The molecule has 1 heterocycles. The molecule has 0 unspecified atom stereocenters. The number of carbonyl (C=O) groups is 3. The molecule has 1 aromatic heterocycles. The minimum atomic E-state index is -0.00930. The van der Waals surface area contributed by atoms with Crippen molar-refractivity contribution in [3.05, 3.63) is 66.7 Å². The van der Waals surface area contributed by atoms with Crippen molar-refractivity contribution in [3.63, 3.8) is 0 Å². The number of aromatic hydroxyl groups is 3. The standard InChI is InChI=1S/C12H10N4O.2C6H8N2O.3CH2O/c13-6-5-9(17)11-12(10(6)14)16-8-4-2-1-3-7(8)15-11;2*7-5-2-1-4(9)3-6(5)8;3*1-2/h1-5,17H,13-14H2;2*1-3,9H,7-8H2;3*1H2. The summed E-state index contributed by atoms with van der Waals surface area (Å²) in [6.45, 7) is 6.00. The van der Waals surface area contributed by atoms with Crippen LogP contribution in [0, 0.1) is 0 Å². The molecule has 0 fully saturated rings. The maximum Gasteiger partial charge on any atom is 0.145 e. The van der Waals surface area contributed by atoms with E-state index in [0.29, 0.717) is 50.7 Å². The monoisotopic (exact) mass is 564 g/mol. The number of nitrogens with two attached hydrogens (primary N) is 6. The predicted molar refractivity (Wildman–Crippen MR) is 163 cm³/mol. The molecule has 5 aromatic rings. The molecule has 41 heavy (non-hydrogen) atoms. The van der Waals surface area contributed by atoms with E-state index in [1.54, 1.807) is 12.1 Å². The Balaban J connectivity index is 0.000000572. The quantitative estimate of drug-likeness (QED) is 0.0740. The number of carbonyl (C=O) groups excluding carboxylic acids is 3. The van der Waals surface area contributed by atoms with E-state index in [9.17, 15) is 5.11 Å². The third-order valence-corrected chi connectivity index (χ3v) is 4.81. The van der Waals surface area contributed by atoms with Crippen molar-refractivity contribution in [3.8, 4) is 17.2 Å². The van der Waals surface area contributed by atoms with Gasteiger partial charge in [0.2, 0.25) is 0 Å². The molecule has 0 aliphatic rings. The van der Waals surface area contributed by atoms with Gasteiger partial charge < -0.3 is 64.1 Å². The normalized spacial score (nSPS) is 8.98. The Kier molecular flexibility index (Phi) is 14.6. The van der Waals surface area contributed by atoms with Crippen LogP contribution in [0.5, 0.6) is 17.2 Å². The van der Waals surface area contributed by atoms with Crippen LogP contribution in [0.15, 0.2) is 66.7 Å². The Hall–Kier alpha value is -6.31. The van der Waals surface area contributed by atoms with E-state index in [4.69, 9.17) is 59.0 Å². The number of nitrogens with zero attached hydrogens (tertiary/aromatic N) is 2. The van der Waals surface area contributed by atoms with Crippen LogP contribution in [0.4, 0.5) is 34.1 Å². The molecule has 15 N–H and O–H groups in total. The molecule has 14 nitrogen and oxygen atoms in total. The van der Waals surface area contributed by atoms with Crippen LogP contribution in [0.2, 0.25) is 0 Å². The summed E-state index contributed by atoms with van der Waals surface area (Å²) in [6, 6.07) is 17.7. The van der Waals surface area contributed by atoms with Crippen LogP contribution in [-0.2, 0) is 14.4 Å². The highest BCUT2D eigenvalue weighted by Crippen LogP contribution is 2.32. The molecule has 0 radical (unpaired) electrons. The summed E-state index contributed by atoms with van der Waals surface area (Å²) >= 11 is 0. The third-order valence-electron chi connectivity index (χ3n) is 4.81. The van der Waals surface area contributed by atoms with E-state index in [2.05, 4.69) is 9.97 Å². The van der Waals surface area contributed by atoms with Gasteiger partial charge in [-0.15, -0.1) is 0 Å². The van der Waals surface area contributed by atoms with Crippen LogP contribution in [-0.4, -0.2) is 45.7 Å².